The number of aromatic nitrogens is 5. The molecule has 0 saturated carbocycles. The average molecular weight is 361 g/mol. The molecule has 0 spiro atoms. The van der Waals surface area contributed by atoms with Crippen LogP contribution in [0.1, 0.15) is 5.69 Å². The number of benzene rings is 1. The molecule has 0 aliphatic carbocycles. The lowest BCUT2D eigenvalue weighted by atomic mass is 10.3. The molecule has 0 radical (unpaired) electrons. The minimum absolute atomic E-state index is 0.147. The molecule has 0 amide bonds. The number of hydrogen-bond donors (Lipinski definition) is 1. The van der Waals surface area contributed by atoms with Crippen molar-refractivity contribution >= 4 is 50.9 Å². The number of nitrogens with one attached hydrogen (secondary N) is 1. The first-order chi connectivity index (χ1) is 11.2. The van der Waals surface area contributed by atoms with E-state index in [1.165, 1.54) is 45.4 Å². The Labute approximate surface area is 143 Å². The second kappa shape index (κ2) is 5.99. The van der Waals surface area contributed by atoms with Crippen molar-refractivity contribution in [1.82, 2.24) is 24.6 Å². The summed E-state index contributed by atoms with van der Waals surface area (Å²) >= 11 is 4.46. The normalized spacial score (nSPS) is 11.5. The number of hydrogen-bond acceptors (Lipinski definition) is 7. The lowest BCUT2D eigenvalue weighted by Crippen LogP contribution is -2.15. The quantitative estimate of drug-likeness (QED) is 0.563. The van der Waals surface area contributed by atoms with E-state index in [1.54, 1.807) is 0 Å². The van der Waals surface area contributed by atoms with Gasteiger partial charge in [-0.2, -0.15) is 4.52 Å². The summed E-state index contributed by atoms with van der Waals surface area (Å²) < 4.78 is 2.18. The van der Waals surface area contributed by atoms with Crippen LogP contribution in [0.25, 0.3) is 16.0 Å². The molecule has 4 rings (SSSR count). The average Bonchev–Trinajstić information content (AvgIpc) is 3.16. The van der Waals surface area contributed by atoms with Gasteiger partial charge in [-0.15, -0.1) is 5.10 Å². The van der Waals surface area contributed by atoms with Gasteiger partial charge < -0.3 is 4.98 Å². The van der Waals surface area contributed by atoms with E-state index in [2.05, 4.69) is 20.1 Å². The molecule has 0 fully saturated rings. The number of fused-ring (bicyclic) bond motifs is 2. The van der Waals surface area contributed by atoms with E-state index in [9.17, 15) is 4.79 Å². The van der Waals surface area contributed by atoms with Crippen LogP contribution >= 0.6 is 34.9 Å². The van der Waals surface area contributed by atoms with Gasteiger partial charge in [-0.3, -0.25) is 4.79 Å². The summed E-state index contributed by atoms with van der Waals surface area (Å²) in [5.41, 5.74) is 2.53. The number of H-pyrrole nitrogens is 1. The molecule has 1 N–H and O–H groups in total. The minimum Gasteiger partial charge on any atom is -0.333 e. The van der Waals surface area contributed by atoms with E-state index in [0.717, 1.165) is 26.2 Å². The molecule has 0 unspecified atom stereocenters. The summed E-state index contributed by atoms with van der Waals surface area (Å²) in [6.07, 6.45) is 1.93. The standard InChI is InChI=1S/C14H11N5OS3/c1-21-14-18-19-11(20)6-8(15-13(19)23-14)7-22-12-16-9-4-2-3-5-10(9)17-12/h2-6H,7H2,1H3,(H,16,17). The van der Waals surface area contributed by atoms with E-state index >= 15 is 0 Å². The molecule has 0 atom stereocenters. The fourth-order valence-corrected chi connectivity index (χ4v) is 4.29. The van der Waals surface area contributed by atoms with Gasteiger partial charge in [0, 0.05) is 11.8 Å². The second-order valence-electron chi connectivity index (χ2n) is 4.70. The summed E-state index contributed by atoms with van der Waals surface area (Å²) in [7, 11) is 0. The van der Waals surface area contributed by atoms with Gasteiger partial charge in [0.2, 0.25) is 4.96 Å². The van der Waals surface area contributed by atoms with Crippen LogP contribution < -0.4 is 5.56 Å². The zero-order valence-electron chi connectivity index (χ0n) is 12.0. The van der Waals surface area contributed by atoms with Gasteiger partial charge in [-0.05, 0) is 18.4 Å². The van der Waals surface area contributed by atoms with E-state index in [-0.39, 0.29) is 5.56 Å². The molecule has 9 heteroatoms. The molecule has 3 heterocycles. The van der Waals surface area contributed by atoms with Crippen molar-refractivity contribution in [1.29, 1.82) is 0 Å². The van der Waals surface area contributed by atoms with Gasteiger partial charge in [-0.1, -0.05) is 47.0 Å². The summed E-state index contributed by atoms with van der Waals surface area (Å²) in [6, 6.07) is 9.42. The first kappa shape index (κ1) is 14.7. The number of nitrogens with zero attached hydrogens (tertiary/aromatic N) is 4. The van der Waals surface area contributed by atoms with Crippen LogP contribution in [0, 0.1) is 0 Å². The van der Waals surface area contributed by atoms with Gasteiger partial charge in [0.1, 0.15) is 0 Å². The van der Waals surface area contributed by atoms with Crippen molar-refractivity contribution in [2.75, 3.05) is 6.26 Å². The fraction of sp³-hybridized carbons (Fsp3) is 0.143. The van der Waals surface area contributed by atoms with Crippen molar-refractivity contribution < 1.29 is 0 Å². The molecular formula is C14H11N5OS3. The fourth-order valence-electron chi connectivity index (χ4n) is 2.14. The van der Waals surface area contributed by atoms with Crippen LogP contribution in [0.4, 0.5) is 0 Å². The van der Waals surface area contributed by atoms with E-state index in [4.69, 9.17) is 0 Å². The van der Waals surface area contributed by atoms with Crippen LogP contribution in [0.5, 0.6) is 0 Å². The Bertz CT molecular complexity index is 1020. The lowest BCUT2D eigenvalue weighted by molar-refractivity contribution is 0.850. The maximum atomic E-state index is 12.1. The molecule has 6 nitrogen and oxygen atoms in total. The second-order valence-corrected chi connectivity index (χ2v) is 7.67. The summed E-state index contributed by atoms with van der Waals surface area (Å²) in [4.78, 5) is 25.0. The number of para-hydroxylation sites is 2. The van der Waals surface area contributed by atoms with Crippen molar-refractivity contribution in [3.63, 3.8) is 0 Å². The largest absolute Gasteiger partial charge is 0.333 e. The number of rotatable bonds is 4. The molecule has 0 bridgehead atoms. The SMILES string of the molecule is CSc1nn2c(=O)cc(CSc3nc4ccccc4[nH]3)nc2s1. The van der Waals surface area contributed by atoms with Gasteiger partial charge in [-0.25, -0.2) is 9.97 Å². The first-order valence-electron chi connectivity index (χ1n) is 6.74. The molecule has 3 aromatic heterocycles. The number of imidazole rings is 1. The highest BCUT2D eigenvalue weighted by Gasteiger charge is 2.10. The van der Waals surface area contributed by atoms with E-state index in [0.29, 0.717) is 10.7 Å². The zero-order chi connectivity index (χ0) is 15.8. The van der Waals surface area contributed by atoms with Crippen LogP contribution in [-0.2, 0) is 5.75 Å². The monoisotopic (exact) mass is 361 g/mol. The molecule has 116 valence electrons. The van der Waals surface area contributed by atoms with Crippen molar-refractivity contribution in [3.05, 3.63) is 46.4 Å². The highest BCUT2D eigenvalue weighted by molar-refractivity contribution is 8.00. The van der Waals surface area contributed by atoms with Crippen molar-refractivity contribution in [3.8, 4) is 0 Å². The molecule has 4 aromatic rings. The Kier molecular flexibility index (Phi) is 3.83. The van der Waals surface area contributed by atoms with Crippen LogP contribution in [-0.4, -0.2) is 30.8 Å². The van der Waals surface area contributed by atoms with Gasteiger partial charge in [0.25, 0.3) is 5.56 Å². The highest BCUT2D eigenvalue weighted by atomic mass is 32.2. The predicted octanol–water partition coefficient (Wildman–Crippen LogP) is 3.04. The Morgan fingerprint density at radius 1 is 1.30 bits per heavy atom. The lowest BCUT2D eigenvalue weighted by Gasteiger charge is -1.98. The Balaban J connectivity index is 1.60. The molecule has 0 aliphatic heterocycles. The third-order valence-electron chi connectivity index (χ3n) is 3.18. The zero-order valence-corrected chi connectivity index (χ0v) is 14.5. The van der Waals surface area contributed by atoms with Gasteiger partial charge in [0.15, 0.2) is 9.50 Å². The smallest absolute Gasteiger partial charge is 0.275 e. The first-order valence-corrected chi connectivity index (χ1v) is 9.77. The summed E-state index contributed by atoms with van der Waals surface area (Å²) in [5, 5.41) is 5.04. The topological polar surface area (TPSA) is 75.9 Å². The number of aromatic amines is 1. The summed E-state index contributed by atoms with van der Waals surface area (Å²) in [5.74, 6) is 0.581. The predicted molar refractivity (Wildman–Crippen MR) is 94.6 cm³/mol. The Hall–Kier alpha value is -1.84. The van der Waals surface area contributed by atoms with Crippen LogP contribution in [0.15, 0.2) is 44.6 Å². The summed E-state index contributed by atoms with van der Waals surface area (Å²) in [6.45, 7) is 0. The molecular weight excluding hydrogens is 350 g/mol. The van der Waals surface area contributed by atoms with Crippen molar-refractivity contribution in [2.24, 2.45) is 0 Å². The van der Waals surface area contributed by atoms with Crippen molar-refractivity contribution in [2.45, 2.75) is 15.2 Å². The molecule has 0 saturated heterocycles. The third-order valence-corrected chi connectivity index (χ3v) is 5.97. The van der Waals surface area contributed by atoms with Crippen LogP contribution in [0.2, 0.25) is 0 Å². The molecule has 1 aromatic carbocycles. The maximum absolute atomic E-state index is 12.1. The molecule has 0 aliphatic rings. The van der Waals surface area contributed by atoms with Crippen LogP contribution in [0.3, 0.4) is 0 Å². The Morgan fingerprint density at radius 2 is 2.17 bits per heavy atom. The van der Waals surface area contributed by atoms with Gasteiger partial charge >= 0.3 is 0 Å². The Morgan fingerprint density at radius 3 is 3.00 bits per heavy atom. The van der Waals surface area contributed by atoms with Gasteiger partial charge in [0.05, 0.1) is 16.7 Å². The highest BCUT2D eigenvalue weighted by Crippen LogP contribution is 2.24. The molecule has 23 heavy (non-hydrogen) atoms. The third kappa shape index (κ3) is 2.87. The number of thioether (sulfide) groups is 2. The van der Waals surface area contributed by atoms with E-state index < -0.39 is 0 Å². The van der Waals surface area contributed by atoms with E-state index in [1.807, 2.05) is 30.5 Å². The maximum Gasteiger partial charge on any atom is 0.275 e. The minimum atomic E-state index is -0.147.